The van der Waals surface area contributed by atoms with Crippen LogP contribution in [0.15, 0.2) is 12.1 Å². The second-order valence-corrected chi connectivity index (χ2v) is 18.7. The van der Waals surface area contributed by atoms with Crippen LogP contribution in [0, 0.1) is 0 Å². The maximum absolute atomic E-state index is 6.50. The molecule has 0 fully saturated rings. The molecule has 40 heavy (non-hydrogen) atoms. The topological polar surface area (TPSA) is 111 Å². The van der Waals surface area contributed by atoms with Crippen molar-refractivity contribution in [3.63, 3.8) is 0 Å². The minimum atomic E-state index is -3.82. The Morgan fingerprint density at radius 2 is 0.625 bits per heavy atom. The number of hydrogen-bond donors (Lipinski definition) is 0. The van der Waals surface area contributed by atoms with Crippen molar-refractivity contribution in [2.24, 2.45) is 0 Å². The number of rotatable bonds is 22. The highest BCUT2D eigenvalue weighted by atomic mass is 28.4. The van der Waals surface area contributed by atoms with Crippen molar-refractivity contribution in [3.05, 3.63) is 12.1 Å². The van der Waals surface area contributed by atoms with E-state index < -0.39 is 35.2 Å². The fourth-order valence-electron chi connectivity index (χ4n) is 4.72. The molecule has 0 aliphatic rings. The molecule has 0 aromatic heterocycles. The molecule has 0 spiro atoms. The Balaban J connectivity index is 4.77. The van der Waals surface area contributed by atoms with Gasteiger partial charge in [0.15, 0.2) is 0 Å². The summed E-state index contributed by atoms with van der Waals surface area (Å²) in [7, 11) is -5.62. The third-order valence-corrected chi connectivity index (χ3v) is 18.5. The average molecular weight is 643 g/mol. The number of hydrogen-bond acceptors (Lipinski definition) is 12. The van der Waals surface area contributed by atoms with E-state index >= 15 is 0 Å². The molecule has 1 rings (SSSR count). The summed E-state index contributed by atoms with van der Waals surface area (Å²) in [6.07, 6.45) is 0. The van der Waals surface area contributed by atoms with Crippen LogP contribution in [-0.2, 0) is 53.1 Å². The van der Waals surface area contributed by atoms with Crippen molar-refractivity contribution < 1.29 is 53.1 Å². The lowest BCUT2D eigenvalue weighted by atomic mass is 10.3. The first-order chi connectivity index (χ1) is 19.2. The van der Waals surface area contributed by atoms with Crippen LogP contribution in [0.25, 0.3) is 0 Å². The summed E-state index contributed by atoms with van der Waals surface area (Å²) < 4.78 is 74.9. The summed E-state index contributed by atoms with van der Waals surface area (Å²) in [5.41, 5.74) is 0. The van der Waals surface area contributed by atoms with Gasteiger partial charge in [-0.15, -0.1) is 0 Å². The Kier molecular flexibility index (Phi) is 16.6. The maximum atomic E-state index is 6.50. The minimum Gasteiger partial charge on any atom is -0.373 e. The van der Waals surface area contributed by atoms with Crippen molar-refractivity contribution >= 4 is 56.0 Å². The standard InChI is InChI=1S/C24H50O12Si4/c1-13-31-38(32-14-2,33-15-3)22-20-19-21(37(25-7,26-8)27-9)23(39(28-10,29-11)30-12)24(22)40(34-16-4,35-17-5)36-18-6/h19-20H,13-18H2,1-12H3. The molecular formula is C24H50O12Si4. The molecule has 0 N–H and O–H groups in total. The van der Waals surface area contributed by atoms with Crippen molar-refractivity contribution in [1.82, 2.24) is 0 Å². The molecule has 16 heteroatoms. The van der Waals surface area contributed by atoms with Gasteiger partial charge < -0.3 is 53.1 Å². The van der Waals surface area contributed by atoms with E-state index in [-0.39, 0.29) is 0 Å². The van der Waals surface area contributed by atoms with Crippen molar-refractivity contribution in [2.45, 2.75) is 41.5 Å². The highest BCUT2D eigenvalue weighted by molar-refractivity contribution is 6.96. The molecular weight excluding hydrogens is 593 g/mol. The van der Waals surface area contributed by atoms with E-state index in [0.717, 1.165) is 0 Å². The quantitative estimate of drug-likeness (QED) is 0.163. The molecule has 0 heterocycles. The van der Waals surface area contributed by atoms with Crippen LogP contribution >= 0.6 is 0 Å². The van der Waals surface area contributed by atoms with Gasteiger partial charge in [-0.05, 0) is 41.5 Å². The first-order valence-corrected chi connectivity index (χ1v) is 20.4. The lowest BCUT2D eigenvalue weighted by molar-refractivity contribution is 0.0804. The second-order valence-electron chi connectivity index (χ2n) is 7.96. The third kappa shape index (κ3) is 7.39. The summed E-state index contributed by atoms with van der Waals surface area (Å²) in [6.45, 7) is 13.2. The van der Waals surface area contributed by atoms with Crippen LogP contribution in [0.5, 0.6) is 0 Å². The van der Waals surface area contributed by atoms with Crippen LogP contribution in [0.4, 0.5) is 0 Å². The Morgan fingerprint density at radius 1 is 0.375 bits per heavy atom. The predicted molar refractivity (Wildman–Crippen MR) is 160 cm³/mol. The van der Waals surface area contributed by atoms with Gasteiger partial charge in [-0.2, -0.15) is 0 Å². The fourth-order valence-corrected chi connectivity index (χ4v) is 16.8. The van der Waals surface area contributed by atoms with E-state index in [1.54, 1.807) is 0 Å². The van der Waals surface area contributed by atoms with E-state index in [2.05, 4.69) is 0 Å². The third-order valence-electron chi connectivity index (χ3n) is 6.10. The van der Waals surface area contributed by atoms with Gasteiger partial charge in [0.2, 0.25) is 0 Å². The zero-order valence-electron chi connectivity index (χ0n) is 26.3. The lowest BCUT2D eigenvalue weighted by Gasteiger charge is -2.40. The second kappa shape index (κ2) is 17.7. The van der Waals surface area contributed by atoms with Crippen molar-refractivity contribution in [3.8, 4) is 0 Å². The highest BCUT2D eigenvalue weighted by Gasteiger charge is 2.62. The summed E-state index contributed by atoms with van der Waals surface area (Å²) >= 11 is 0. The van der Waals surface area contributed by atoms with Crippen LogP contribution in [0.3, 0.4) is 0 Å². The maximum Gasteiger partial charge on any atom is 0.537 e. The highest BCUT2D eigenvalue weighted by Crippen LogP contribution is 2.20. The first kappa shape index (κ1) is 37.6. The average Bonchev–Trinajstić information content (AvgIpc) is 2.96. The summed E-state index contributed by atoms with van der Waals surface area (Å²) in [6, 6.07) is 3.72. The van der Waals surface area contributed by atoms with Gasteiger partial charge in [-0.25, -0.2) is 0 Å². The lowest BCUT2D eigenvalue weighted by Crippen LogP contribution is -2.82. The zero-order chi connectivity index (χ0) is 30.5. The molecule has 0 aliphatic carbocycles. The van der Waals surface area contributed by atoms with Gasteiger partial charge in [0, 0.05) is 103 Å². The summed E-state index contributed by atoms with van der Waals surface area (Å²) in [5, 5.41) is 2.18. The van der Waals surface area contributed by atoms with Gasteiger partial charge in [0.1, 0.15) is 0 Å². The van der Waals surface area contributed by atoms with E-state index in [0.29, 0.717) is 60.4 Å². The molecule has 0 radical (unpaired) electrons. The van der Waals surface area contributed by atoms with E-state index in [4.69, 9.17) is 53.1 Å². The normalized spacial score (nSPS) is 13.3. The molecule has 0 bridgehead atoms. The summed E-state index contributed by atoms with van der Waals surface area (Å²) in [4.78, 5) is 0. The van der Waals surface area contributed by atoms with Crippen LogP contribution < -0.4 is 20.7 Å². The molecule has 1 aromatic rings. The molecule has 0 unspecified atom stereocenters. The molecule has 0 amide bonds. The summed E-state index contributed by atoms with van der Waals surface area (Å²) in [5.74, 6) is 0. The van der Waals surface area contributed by atoms with Gasteiger partial charge in [0.05, 0.1) is 0 Å². The Hall–Kier alpha value is -0.392. The Labute approximate surface area is 244 Å². The molecule has 12 nitrogen and oxygen atoms in total. The molecule has 0 saturated heterocycles. The van der Waals surface area contributed by atoms with Gasteiger partial charge in [-0.1, -0.05) is 12.1 Å². The molecule has 0 aliphatic heterocycles. The van der Waals surface area contributed by atoms with Gasteiger partial charge in [0.25, 0.3) is 0 Å². The monoisotopic (exact) mass is 642 g/mol. The Morgan fingerprint density at radius 3 is 0.900 bits per heavy atom. The van der Waals surface area contributed by atoms with Crippen LogP contribution in [0.1, 0.15) is 41.5 Å². The van der Waals surface area contributed by atoms with Crippen molar-refractivity contribution in [2.75, 3.05) is 82.3 Å². The van der Waals surface area contributed by atoms with Crippen LogP contribution in [0.2, 0.25) is 0 Å². The zero-order valence-corrected chi connectivity index (χ0v) is 30.3. The minimum absolute atomic E-state index is 0.296. The smallest absolute Gasteiger partial charge is 0.373 e. The van der Waals surface area contributed by atoms with Crippen LogP contribution in [-0.4, -0.2) is 118 Å². The Bertz CT molecular complexity index is 820. The predicted octanol–water partition coefficient (Wildman–Crippen LogP) is 0.368. The number of benzene rings is 1. The van der Waals surface area contributed by atoms with E-state index in [1.165, 1.54) is 42.7 Å². The molecule has 0 atom stereocenters. The largest absolute Gasteiger partial charge is 0.537 e. The molecule has 1 aromatic carbocycles. The van der Waals surface area contributed by atoms with Crippen molar-refractivity contribution in [1.29, 1.82) is 0 Å². The van der Waals surface area contributed by atoms with E-state index in [9.17, 15) is 0 Å². The molecule has 234 valence electrons. The first-order valence-electron chi connectivity index (χ1n) is 13.5. The van der Waals surface area contributed by atoms with E-state index in [1.807, 2.05) is 53.7 Å². The molecule has 0 saturated carbocycles. The SMILES string of the molecule is CCO[Si](OCC)(OCC)c1ccc([Si](OC)(OC)OC)c([Si](OC)(OC)OC)c1[Si](OCC)(OCC)OCC. The van der Waals surface area contributed by atoms with Gasteiger partial charge in [-0.3, -0.25) is 0 Å². The fraction of sp³-hybridized carbons (Fsp3) is 0.750. The van der Waals surface area contributed by atoms with Gasteiger partial charge >= 0.3 is 35.2 Å².